The summed E-state index contributed by atoms with van der Waals surface area (Å²) in [6, 6.07) is 4.91. The number of rotatable bonds is 4. The lowest BCUT2D eigenvalue weighted by atomic mass is 10.1. The van der Waals surface area contributed by atoms with Gasteiger partial charge in [0.15, 0.2) is 17.3 Å². The predicted octanol–water partition coefficient (Wildman–Crippen LogP) is 0.878. The molecule has 1 fully saturated rings. The van der Waals surface area contributed by atoms with E-state index in [1.165, 1.54) is 20.3 Å². The number of carbonyl (C=O) groups is 2. The van der Waals surface area contributed by atoms with Crippen molar-refractivity contribution in [1.29, 1.82) is 0 Å². The Bertz CT molecular complexity index is 595. The summed E-state index contributed by atoms with van der Waals surface area (Å²) in [5.41, 5.74) is 0.696. The number of ketones is 1. The third-order valence-electron chi connectivity index (χ3n) is 3.16. The smallest absolute Gasteiger partial charge is 0.267 e. The zero-order valence-electron chi connectivity index (χ0n) is 12.2. The van der Waals surface area contributed by atoms with E-state index in [1.807, 2.05) is 6.92 Å². The van der Waals surface area contributed by atoms with Gasteiger partial charge in [-0.2, -0.15) is 0 Å². The lowest BCUT2D eigenvalue weighted by Gasteiger charge is -2.23. The molecule has 0 bridgehead atoms. The molecule has 1 aliphatic rings. The molecule has 2 N–H and O–H groups in total. The molecular weight excluding hydrogens is 272 g/mol. The van der Waals surface area contributed by atoms with Crippen molar-refractivity contribution >= 4 is 11.7 Å². The van der Waals surface area contributed by atoms with E-state index in [1.54, 1.807) is 18.2 Å². The summed E-state index contributed by atoms with van der Waals surface area (Å²) in [4.78, 5) is 24.0. The summed E-state index contributed by atoms with van der Waals surface area (Å²) >= 11 is 0. The van der Waals surface area contributed by atoms with Crippen molar-refractivity contribution in [2.24, 2.45) is 0 Å². The molecule has 1 aromatic carbocycles. The van der Waals surface area contributed by atoms with E-state index in [0.29, 0.717) is 23.6 Å². The molecule has 0 aliphatic carbocycles. The first-order chi connectivity index (χ1) is 10.0. The quantitative estimate of drug-likeness (QED) is 0.636. The SMILES string of the molecule is COc1ccc(C(=O)/C=C2\NC[C@@H](C)NC2=O)cc1OC. The molecule has 0 unspecified atom stereocenters. The molecule has 6 nitrogen and oxygen atoms in total. The van der Waals surface area contributed by atoms with Crippen LogP contribution in [0.2, 0.25) is 0 Å². The van der Waals surface area contributed by atoms with E-state index in [0.717, 1.165) is 0 Å². The first kappa shape index (κ1) is 14.9. The number of ether oxygens (including phenoxy) is 2. The van der Waals surface area contributed by atoms with Crippen molar-refractivity contribution < 1.29 is 19.1 Å². The van der Waals surface area contributed by atoms with Crippen molar-refractivity contribution in [3.63, 3.8) is 0 Å². The van der Waals surface area contributed by atoms with Crippen molar-refractivity contribution in [2.75, 3.05) is 20.8 Å². The minimum atomic E-state index is -0.275. The van der Waals surface area contributed by atoms with Gasteiger partial charge in [-0.3, -0.25) is 9.59 Å². The van der Waals surface area contributed by atoms with E-state index in [9.17, 15) is 9.59 Å². The first-order valence-corrected chi connectivity index (χ1v) is 6.58. The molecule has 112 valence electrons. The topological polar surface area (TPSA) is 76.7 Å². The fourth-order valence-electron chi connectivity index (χ4n) is 2.02. The van der Waals surface area contributed by atoms with Gasteiger partial charge in [-0.05, 0) is 25.1 Å². The zero-order valence-corrected chi connectivity index (χ0v) is 12.2. The van der Waals surface area contributed by atoms with Crippen LogP contribution in [0.25, 0.3) is 0 Å². The van der Waals surface area contributed by atoms with Gasteiger partial charge < -0.3 is 20.1 Å². The Hall–Kier alpha value is -2.50. The van der Waals surface area contributed by atoms with Gasteiger partial charge in [0.2, 0.25) is 0 Å². The highest BCUT2D eigenvalue weighted by Gasteiger charge is 2.20. The standard InChI is InChI=1S/C15H18N2O4/c1-9-8-16-11(15(19)17-9)7-12(18)10-4-5-13(20-2)14(6-10)21-3/h4-7,9,16H,8H2,1-3H3,(H,17,19)/b11-7-/t9-/m1/s1. The molecule has 0 aromatic heterocycles. The molecule has 0 saturated carbocycles. The van der Waals surface area contributed by atoms with E-state index < -0.39 is 0 Å². The van der Waals surface area contributed by atoms with Gasteiger partial charge >= 0.3 is 0 Å². The molecule has 6 heteroatoms. The highest BCUT2D eigenvalue weighted by molar-refractivity contribution is 6.09. The number of allylic oxidation sites excluding steroid dienone is 1. The van der Waals surface area contributed by atoms with Crippen molar-refractivity contribution in [2.45, 2.75) is 13.0 Å². The zero-order chi connectivity index (χ0) is 15.4. The van der Waals surface area contributed by atoms with Crippen LogP contribution in [0.15, 0.2) is 30.0 Å². The van der Waals surface area contributed by atoms with Crippen LogP contribution in [0, 0.1) is 0 Å². The Balaban J connectivity index is 2.22. The number of carbonyl (C=O) groups excluding carboxylic acids is 2. The minimum Gasteiger partial charge on any atom is -0.493 e. The summed E-state index contributed by atoms with van der Waals surface area (Å²) < 4.78 is 10.3. The monoisotopic (exact) mass is 290 g/mol. The highest BCUT2D eigenvalue weighted by atomic mass is 16.5. The summed E-state index contributed by atoms with van der Waals surface area (Å²) in [7, 11) is 3.03. The number of hydrogen-bond donors (Lipinski definition) is 2. The average Bonchev–Trinajstić information content (AvgIpc) is 2.49. The van der Waals surface area contributed by atoms with Crippen LogP contribution >= 0.6 is 0 Å². The number of hydrogen-bond acceptors (Lipinski definition) is 5. The Kier molecular flexibility index (Phi) is 4.47. The van der Waals surface area contributed by atoms with Crippen LogP contribution < -0.4 is 20.1 Å². The molecule has 1 amide bonds. The molecule has 0 spiro atoms. The van der Waals surface area contributed by atoms with Crippen LogP contribution in [0.3, 0.4) is 0 Å². The van der Waals surface area contributed by atoms with Gasteiger partial charge in [-0.15, -0.1) is 0 Å². The average molecular weight is 290 g/mol. The maximum Gasteiger partial charge on any atom is 0.267 e. The molecule has 0 radical (unpaired) electrons. The normalized spacial score (nSPS) is 19.7. The lowest BCUT2D eigenvalue weighted by molar-refractivity contribution is -0.119. The molecule has 1 heterocycles. The van der Waals surface area contributed by atoms with Crippen LogP contribution in [-0.4, -0.2) is 38.5 Å². The Labute approximate surface area is 123 Å². The summed E-state index contributed by atoms with van der Waals surface area (Å²) in [5, 5.41) is 5.70. The maximum absolute atomic E-state index is 12.2. The van der Waals surface area contributed by atoms with E-state index in [-0.39, 0.29) is 23.4 Å². The molecule has 2 rings (SSSR count). The summed E-state index contributed by atoms with van der Waals surface area (Å²) in [6.07, 6.45) is 1.29. The Morgan fingerprint density at radius 1 is 1.29 bits per heavy atom. The largest absolute Gasteiger partial charge is 0.493 e. The van der Waals surface area contributed by atoms with E-state index in [2.05, 4.69) is 10.6 Å². The summed E-state index contributed by atoms with van der Waals surface area (Å²) in [5.74, 6) is 0.464. The Morgan fingerprint density at radius 2 is 2.00 bits per heavy atom. The van der Waals surface area contributed by atoms with Gasteiger partial charge in [-0.25, -0.2) is 0 Å². The molecule has 1 aliphatic heterocycles. The number of nitrogens with one attached hydrogen (secondary N) is 2. The van der Waals surface area contributed by atoms with Crippen molar-refractivity contribution in [3.8, 4) is 11.5 Å². The van der Waals surface area contributed by atoms with Gasteiger partial charge in [0.25, 0.3) is 5.91 Å². The molecule has 21 heavy (non-hydrogen) atoms. The van der Waals surface area contributed by atoms with E-state index >= 15 is 0 Å². The lowest BCUT2D eigenvalue weighted by Crippen LogP contribution is -2.49. The molecule has 1 aromatic rings. The fraction of sp³-hybridized carbons (Fsp3) is 0.333. The van der Waals surface area contributed by atoms with Crippen LogP contribution in [0.1, 0.15) is 17.3 Å². The number of benzene rings is 1. The number of amides is 1. The van der Waals surface area contributed by atoms with Gasteiger partial charge in [-0.1, -0.05) is 0 Å². The summed E-state index contributed by atoms with van der Waals surface area (Å²) in [6.45, 7) is 2.48. The maximum atomic E-state index is 12.2. The number of methoxy groups -OCH3 is 2. The van der Waals surface area contributed by atoms with Crippen LogP contribution in [0.5, 0.6) is 11.5 Å². The van der Waals surface area contributed by atoms with Crippen molar-refractivity contribution in [1.82, 2.24) is 10.6 Å². The first-order valence-electron chi connectivity index (χ1n) is 6.58. The second-order valence-electron chi connectivity index (χ2n) is 4.75. The van der Waals surface area contributed by atoms with Crippen LogP contribution in [0.4, 0.5) is 0 Å². The molecular formula is C15H18N2O4. The van der Waals surface area contributed by atoms with Gasteiger partial charge in [0.1, 0.15) is 5.70 Å². The Morgan fingerprint density at radius 3 is 2.62 bits per heavy atom. The van der Waals surface area contributed by atoms with Crippen molar-refractivity contribution in [3.05, 3.63) is 35.5 Å². The predicted molar refractivity (Wildman–Crippen MR) is 77.6 cm³/mol. The minimum absolute atomic E-state index is 0.0471. The second-order valence-corrected chi connectivity index (χ2v) is 4.75. The highest BCUT2D eigenvalue weighted by Crippen LogP contribution is 2.27. The molecule has 1 saturated heterocycles. The van der Waals surface area contributed by atoms with E-state index in [4.69, 9.17) is 9.47 Å². The van der Waals surface area contributed by atoms with Gasteiger partial charge in [0, 0.05) is 24.2 Å². The molecule has 1 atom stereocenters. The van der Waals surface area contributed by atoms with Gasteiger partial charge in [0.05, 0.1) is 14.2 Å². The third kappa shape index (κ3) is 3.34. The third-order valence-corrected chi connectivity index (χ3v) is 3.16. The fourth-order valence-corrected chi connectivity index (χ4v) is 2.02. The second kappa shape index (κ2) is 6.30. The number of piperazine rings is 1. The van der Waals surface area contributed by atoms with Crippen LogP contribution in [-0.2, 0) is 4.79 Å².